The number of hydrogen-bond acceptors (Lipinski definition) is 2. The van der Waals surface area contributed by atoms with Gasteiger partial charge in [-0.05, 0) is 74.0 Å². The molecule has 4 aliphatic carbocycles. The van der Waals surface area contributed by atoms with E-state index in [0.29, 0.717) is 24.5 Å². The zero-order chi connectivity index (χ0) is 18.1. The Morgan fingerprint density at radius 3 is 2.31 bits per heavy atom. The van der Waals surface area contributed by atoms with Crippen molar-refractivity contribution < 1.29 is 9.59 Å². The van der Waals surface area contributed by atoms with Gasteiger partial charge < -0.3 is 10.6 Å². The van der Waals surface area contributed by atoms with Gasteiger partial charge in [0, 0.05) is 29.9 Å². The SMILES string of the molecule is O=C(CCNC(=O)C12CC3CC(CC(C3)C1)C2)NCc1cccc(Cl)c1. The standard InChI is InChI=1S/C21H27ClN2O2/c22-18-3-1-2-14(9-18)13-24-19(25)4-5-23-20(26)21-10-15-6-16(11-21)8-17(7-15)12-21/h1-3,9,15-17H,4-8,10-13H2,(H,23,26)(H,24,25). The van der Waals surface area contributed by atoms with E-state index in [-0.39, 0.29) is 17.2 Å². The summed E-state index contributed by atoms with van der Waals surface area (Å²) in [7, 11) is 0. The summed E-state index contributed by atoms with van der Waals surface area (Å²) in [6.07, 6.45) is 7.50. The van der Waals surface area contributed by atoms with Gasteiger partial charge in [-0.15, -0.1) is 0 Å². The van der Waals surface area contributed by atoms with Crippen LogP contribution in [0.1, 0.15) is 50.5 Å². The molecule has 0 unspecified atom stereocenters. The van der Waals surface area contributed by atoms with Gasteiger partial charge >= 0.3 is 0 Å². The molecule has 4 aliphatic rings. The third kappa shape index (κ3) is 3.75. The average Bonchev–Trinajstić information content (AvgIpc) is 2.59. The number of nitrogens with one attached hydrogen (secondary N) is 2. The fourth-order valence-corrected chi connectivity index (χ4v) is 6.01. The van der Waals surface area contributed by atoms with E-state index in [1.54, 1.807) is 0 Å². The molecular formula is C21H27ClN2O2. The highest BCUT2D eigenvalue weighted by Crippen LogP contribution is 2.60. The molecule has 4 nitrogen and oxygen atoms in total. The molecule has 4 bridgehead atoms. The maximum atomic E-state index is 12.8. The summed E-state index contributed by atoms with van der Waals surface area (Å²) in [6, 6.07) is 7.46. The number of carbonyl (C=O) groups excluding carboxylic acids is 2. The third-order valence-electron chi connectivity index (χ3n) is 6.54. The number of halogens is 1. The Bertz CT molecular complexity index is 668. The van der Waals surface area contributed by atoms with Gasteiger partial charge in [-0.1, -0.05) is 23.7 Å². The van der Waals surface area contributed by atoms with Crippen molar-refractivity contribution in [3.05, 3.63) is 34.9 Å². The predicted octanol–water partition coefficient (Wildman–Crippen LogP) is 3.68. The largest absolute Gasteiger partial charge is 0.355 e. The second-order valence-corrected chi connectivity index (χ2v) is 9.05. The van der Waals surface area contributed by atoms with Gasteiger partial charge in [-0.3, -0.25) is 9.59 Å². The van der Waals surface area contributed by atoms with E-state index in [0.717, 1.165) is 42.6 Å². The fraction of sp³-hybridized carbons (Fsp3) is 0.619. The Morgan fingerprint density at radius 1 is 1.04 bits per heavy atom. The van der Waals surface area contributed by atoms with E-state index < -0.39 is 0 Å². The smallest absolute Gasteiger partial charge is 0.226 e. The van der Waals surface area contributed by atoms with Crippen LogP contribution < -0.4 is 10.6 Å². The van der Waals surface area contributed by atoms with Crippen LogP contribution in [0.2, 0.25) is 5.02 Å². The molecule has 140 valence electrons. The van der Waals surface area contributed by atoms with Crippen LogP contribution in [0.25, 0.3) is 0 Å². The number of amides is 2. The van der Waals surface area contributed by atoms with Crippen LogP contribution in [-0.4, -0.2) is 18.4 Å². The Balaban J connectivity index is 1.22. The molecular weight excluding hydrogens is 348 g/mol. The highest BCUT2D eigenvalue weighted by atomic mass is 35.5. The zero-order valence-corrected chi connectivity index (χ0v) is 15.9. The van der Waals surface area contributed by atoms with Crippen LogP contribution in [0.3, 0.4) is 0 Å². The van der Waals surface area contributed by atoms with Gasteiger partial charge in [-0.2, -0.15) is 0 Å². The fourth-order valence-electron chi connectivity index (χ4n) is 5.80. The van der Waals surface area contributed by atoms with Crippen molar-refractivity contribution in [3.8, 4) is 0 Å². The van der Waals surface area contributed by atoms with Crippen LogP contribution in [0.5, 0.6) is 0 Å². The normalized spacial score (nSPS) is 31.7. The Kier molecular flexibility index (Phi) is 4.96. The first-order chi connectivity index (χ1) is 12.5. The number of hydrogen-bond donors (Lipinski definition) is 2. The summed E-state index contributed by atoms with van der Waals surface area (Å²) in [5, 5.41) is 6.61. The number of rotatable bonds is 6. The minimum atomic E-state index is -0.133. The number of carbonyl (C=O) groups is 2. The van der Waals surface area contributed by atoms with Crippen molar-refractivity contribution in [2.75, 3.05) is 6.54 Å². The molecule has 0 aliphatic heterocycles. The molecule has 0 atom stereocenters. The monoisotopic (exact) mass is 374 g/mol. The van der Waals surface area contributed by atoms with E-state index in [4.69, 9.17) is 11.6 Å². The van der Waals surface area contributed by atoms with Gasteiger partial charge in [0.2, 0.25) is 11.8 Å². The van der Waals surface area contributed by atoms with E-state index in [1.807, 2.05) is 24.3 Å². The van der Waals surface area contributed by atoms with E-state index in [1.165, 1.54) is 19.3 Å². The van der Waals surface area contributed by atoms with Gasteiger partial charge in [0.1, 0.15) is 0 Å². The molecule has 2 N–H and O–H groups in total. The summed E-state index contributed by atoms with van der Waals surface area (Å²) < 4.78 is 0. The van der Waals surface area contributed by atoms with Crippen molar-refractivity contribution in [3.63, 3.8) is 0 Å². The van der Waals surface area contributed by atoms with E-state index in [2.05, 4.69) is 10.6 Å². The van der Waals surface area contributed by atoms with Crippen LogP contribution in [0, 0.1) is 23.2 Å². The number of benzene rings is 1. The molecule has 0 radical (unpaired) electrons. The predicted molar refractivity (Wildman–Crippen MR) is 102 cm³/mol. The minimum Gasteiger partial charge on any atom is -0.355 e. The second kappa shape index (κ2) is 7.22. The zero-order valence-electron chi connectivity index (χ0n) is 15.1. The van der Waals surface area contributed by atoms with Crippen molar-refractivity contribution in [1.82, 2.24) is 10.6 Å². The molecule has 0 saturated heterocycles. The lowest BCUT2D eigenvalue weighted by Gasteiger charge is -2.55. The van der Waals surface area contributed by atoms with Gasteiger partial charge in [0.15, 0.2) is 0 Å². The lowest BCUT2D eigenvalue weighted by Crippen LogP contribution is -2.53. The first-order valence-electron chi connectivity index (χ1n) is 9.82. The van der Waals surface area contributed by atoms with Crippen LogP contribution in [0.15, 0.2) is 24.3 Å². The van der Waals surface area contributed by atoms with E-state index >= 15 is 0 Å². The summed E-state index contributed by atoms with van der Waals surface area (Å²) in [5.74, 6) is 2.42. The maximum Gasteiger partial charge on any atom is 0.226 e. The Morgan fingerprint density at radius 2 is 1.69 bits per heavy atom. The molecule has 4 fully saturated rings. The van der Waals surface area contributed by atoms with Crippen LogP contribution in [0.4, 0.5) is 0 Å². The van der Waals surface area contributed by atoms with Gasteiger partial charge in [-0.25, -0.2) is 0 Å². The molecule has 1 aromatic carbocycles. The molecule has 1 aromatic rings. The maximum absolute atomic E-state index is 12.8. The minimum absolute atomic E-state index is 0.0456. The first-order valence-corrected chi connectivity index (χ1v) is 10.2. The Hall–Kier alpha value is -1.55. The summed E-state index contributed by atoms with van der Waals surface area (Å²) in [6.45, 7) is 0.879. The van der Waals surface area contributed by atoms with Crippen molar-refractivity contribution >= 4 is 23.4 Å². The van der Waals surface area contributed by atoms with Crippen LogP contribution >= 0.6 is 11.6 Å². The van der Waals surface area contributed by atoms with Crippen LogP contribution in [-0.2, 0) is 16.1 Å². The highest BCUT2D eigenvalue weighted by Gasteiger charge is 2.54. The molecule has 0 spiro atoms. The molecule has 0 aromatic heterocycles. The highest BCUT2D eigenvalue weighted by molar-refractivity contribution is 6.30. The molecule has 2 amide bonds. The topological polar surface area (TPSA) is 58.2 Å². The van der Waals surface area contributed by atoms with Crippen molar-refractivity contribution in [2.24, 2.45) is 23.2 Å². The second-order valence-electron chi connectivity index (χ2n) is 8.61. The quantitative estimate of drug-likeness (QED) is 0.798. The third-order valence-corrected chi connectivity index (χ3v) is 6.77. The van der Waals surface area contributed by atoms with Crippen molar-refractivity contribution in [2.45, 2.75) is 51.5 Å². The lowest BCUT2D eigenvalue weighted by atomic mass is 9.49. The summed E-state index contributed by atoms with van der Waals surface area (Å²) >= 11 is 5.95. The Labute approximate surface area is 160 Å². The first kappa shape index (κ1) is 17.8. The van der Waals surface area contributed by atoms with Gasteiger partial charge in [0.05, 0.1) is 0 Å². The summed E-state index contributed by atoms with van der Waals surface area (Å²) in [5.41, 5.74) is 0.842. The molecule has 5 heteroatoms. The lowest BCUT2D eigenvalue weighted by molar-refractivity contribution is -0.146. The van der Waals surface area contributed by atoms with Crippen molar-refractivity contribution in [1.29, 1.82) is 0 Å². The molecule has 4 saturated carbocycles. The molecule has 5 rings (SSSR count). The average molecular weight is 375 g/mol. The summed E-state index contributed by atoms with van der Waals surface area (Å²) in [4.78, 5) is 24.9. The van der Waals surface area contributed by atoms with E-state index in [9.17, 15) is 9.59 Å². The molecule has 26 heavy (non-hydrogen) atoms. The van der Waals surface area contributed by atoms with Gasteiger partial charge in [0.25, 0.3) is 0 Å². The molecule has 0 heterocycles.